The van der Waals surface area contributed by atoms with E-state index in [9.17, 15) is 9.18 Å². The number of halogens is 1. The molecule has 1 atom stereocenters. The van der Waals surface area contributed by atoms with Gasteiger partial charge < -0.3 is 23.8 Å². The molecule has 2 aromatic carbocycles. The fourth-order valence-corrected chi connectivity index (χ4v) is 4.12. The quantitative estimate of drug-likeness (QED) is 0.540. The van der Waals surface area contributed by atoms with Crippen LogP contribution in [0.15, 0.2) is 42.5 Å². The monoisotopic (exact) mass is 457 g/mol. The second-order valence-corrected chi connectivity index (χ2v) is 9.29. The van der Waals surface area contributed by atoms with E-state index in [1.54, 1.807) is 19.2 Å². The minimum Gasteiger partial charge on any atom is -0.493 e. The van der Waals surface area contributed by atoms with Gasteiger partial charge in [0.05, 0.1) is 39.5 Å². The first-order chi connectivity index (χ1) is 15.9. The number of hydrogen-bond acceptors (Lipinski definition) is 5. The van der Waals surface area contributed by atoms with Crippen molar-refractivity contribution in [2.45, 2.75) is 38.8 Å². The van der Waals surface area contributed by atoms with Crippen LogP contribution in [0.1, 0.15) is 30.9 Å². The smallest absolute Gasteiger partial charge is 0.227 e. The molecule has 2 saturated heterocycles. The first-order valence-electron chi connectivity index (χ1n) is 11.5. The van der Waals surface area contributed by atoms with Gasteiger partial charge in [0.15, 0.2) is 11.5 Å². The maximum Gasteiger partial charge on any atom is 0.227 e. The van der Waals surface area contributed by atoms with E-state index >= 15 is 0 Å². The fourth-order valence-electron chi connectivity index (χ4n) is 4.12. The number of hydrogen-bond donors (Lipinski definition) is 0. The Bertz CT molecular complexity index is 938. The Kier molecular flexibility index (Phi) is 7.50. The predicted molar refractivity (Wildman–Crippen MR) is 122 cm³/mol. The van der Waals surface area contributed by atoms with E-state index in [1.807, 2.05) is 23.1 Å². The maximum absolute atomic E-state index is 13.3. The van der Waals surface area contributed by atoms with Gasteiger partial charge in [0.25, 0.3) is 0 Å². The Morgan fingerprint density at radius 3 is 2.55 bits per heavy atom. The average molecular weight is 458 g/mol. The molecule has 2 fully saturated rings. The van der Waals surface area contributed by atoms with Gasteiger partial charge >= 0.3 is 0 Å². The molecule has 33 heavy (non-hydrogen) atoms. The summed E-state index contributed by atoms with van der Waals surface area (Å²) in [5.74, 6) is 0.988. The zero-order valence-corrected chi connectivity index (χ0v) is 19.3. The third kappa shape index (κ3) is 6.24. The van der Waals surface area contributed by atoms with Crippen LogP contribution in [-0.4, -0.2) is 57.0 Å². The van der Waals surface area contributed by atoms with Crippen LogP contribution >= 0.6 is 0 Å². The number of methoxy groups -OCH3 is 1. The summed E-state index contributed by atoms with van der Waals surface area (Å²) >= 11 is 0. The van der Waals surface area contributed by atoms with Crippen LogP contribution in [0.2, 0.25) is 0 Å². The fraction of sp³-hybridized carbons (Fsp3) is 0.500. The van der Waals surface area contributed by atoms with Gasteiger partial charge in [-0.25, -0.2) is 4.39 Å². The lowest BCUT2D eigenvalue weighted by atomic mass is 9.90. The summed E-state index contributed by atoms with van der Waals surface area (Å²) in [7, 11) is 1.62. The third-order valence-corrected chi connectivity index (χ3v) is 6.15. The van der Waals surface area contributed by atoms with Gasteiger partial charge in [0.2, 0.25) is 5.91 Å². The highest BCUT2D eigenvalue weighted by molar-refractivity contribution is 5.78. The van der Waals surface area contributed by atoms with Crippen LogP contribution in [-0.2, 0) is 27.2 Å². The molecule has 2 aliphatic heterocycles. The number of nitrogens with zero attached hydrogens (tertiary/aromatic N) is 1. The Morgan fingerprint density at radius 1 is 1.15 bits per heavy atom. The van der Waals surface area contributed by atoms with Crippen molar-refractivity contribution in [3.05, 3.63) is 59.4 Å². The van der Waals surface area contributed by atoms with E-state index in [4.69, 9.17) is 18.9 Å². The molecule has 178 valence electrons. The number of benzene rings is 2. The Balaban J connectivity index is 1.48. The van der Waals surface area contributed by atoms with E-state index < -0.39 is 0 Å². The molecule has 1 amide bonds. The first-order valence-corrected chi connectivity index (χ1v) is 11.5. The van der Waals surface area contributed by atoms with Crippen LogP contribution < -0.4 is 9.47 Å². The van der Waals surface area contributed by atoms with Crippen molar-refractivity contribution in [2.24, 2.45) is 5.41 Å². The van der Waals surface area contributed by atoms with E-state index in [0.717, 1.165) is 30.6 Å². The van der Waals surface area contributed by atoms with Gasteiger partial charge in [-0.3, -0.25) is 4.79 Å². The van der Waals surface area contributed by atoms with Crippen LogP contribution in [0.3, 0.4) is 0 Å². The van der Waals surface area contributed by atoms with E-state index in [2.05, 4.69) is 6.92 Å². The highest BCUT2D eigenvalue weighted by Gasteiger charge is 2.34. The van der Waals surface area contributed by atoms with Crippen LogP contribution in [0.5, 0.6) is 11.5 Å². The lowest BCUT2D eigenvalue weighted by Crippen LogP contribution is -2.44. The molecule has 0 bridgehead atoms. The molecule has 2 aliphatic rings. The van der Waals surface area contributed by atoms with Crippen molar-refractivity contribution in [1.82, 2.24) is 4.90 Å². The van der Waals surface area contributed by atoms with Crippen LogP contribution in [0.25, 0.3) is 0 Å². The summed E-state index contributed by atoms with van der Waals surface area (Å²) < 4.78 is 35.9. The molecule has 2 heterocycles. The van der Waals surface area contributed by atoms with Gasteiger partial charge in [0.1, 0.15) is 5.82 Å². The summed E-state index contributed by atoms with van der Waals surface area (Å²) in [6.45, 7) is 5.72. The minimum absolute atomic E-state index is 0.0119. The molecule has 1 unspecified atom stereocenters. The molecule has 7 heteroatoms. The van der Waals surface area contributed by atoms with E-state index in [0.29, 0.717) is 44.4 Å². The molecule has 0 saturated carbocycles. The van der Waals surface area contributed by atoms with Crippen molar-refractivity contribution in [2.75, 3.05) is 40.1 Å². The van der Waals surface area contributed by atoms with Gasteiger partial charge in [-0.05, 0) is 48.2 Å². The second-order valence-electron chi connectivity index (χ2n) is 9.29. The summed E-state index contributed by atoms with van der Waals surface area (Å²) in [5.41, 5.74) is 1.75. The Morgan fingerprint density at radius 2 is 1.91 bits per heavy atom. The largest absolute Gasteiger partial charge is 0.493 e. The number of carbonyl (C=O) groups excluding carboxylic acids is 1. The van der Waals surface area contributed by atoms with Crippen LogP contribution in [0, 0.1) is 11.2 Å². The summed E-state index contributed by atoms with van der Waals surface area (Å²) in [4.78, 5) is 15.0. The molecule has 0 aromatic heterocycles. The van der Waals surface area contributed by atoms with Crippen molar-refractivity contribution in [3.63, 3.8) is 0 Å². The van der Waals surface area contributed by atoms with Crippen molar-refractivity contribution < 1.29 is 28.1 Å². The van der Waals surface area contributed by atoms with Crippen molar-refractivity contribution in [1.29, 1.82) is 0 Å². The SMILES string of the molecule is COc1ccc(CN(CC2CCCO2)C(=O)Cc2ccc(F)cc2)cc1OCC1(C)COC1. The van der Waals surface area contributed by atoms with Crippen molar-refractivity contribution in [3.8, 4) is 11.5 Å². The molecule has 0 spiro atoms. The zero-order valence-electron chi connectivity index (χ0n) is 19.3. The molecular formula is C26H32FNO5. The minimum atomic E-state index is -0.310. The number of carbonyl (C=O) groups is 1. The molecule has 0 N–H and O–H groups in total. The standard InChI is InChI=1S/C26H32FNO5/c1-26(16-31-17-26)18-33-24-12-20(7-10-23(24)30-2)14-28(15-22-4-3-11-32-22)25(29)13-19-5-8-21(27)9-6-19/h5-10,12,22H,3-4,11,13-18H2,1-2H3. The highest BCUT2D eigenvalue weighted by Crippen LogP contribution is 2.33. The third-order valence-electron chi connectivity index (χ3n) is 6.15. The topological polar surface area (TPSA) is 57.2 Å². The number of rotatable bonds is 10. The lowest BCUT2D eigenvalue weighted by molar-refractivity contribution is -0.132. The van der Waals surface area contributed by atoms with Crippen LogP contribution in [0.4, 0.5) is 4.39 Å². The summed E-state index contributed by atoms with van der Waals surface area (Å²) in [6.07, 6.45) is 2.20. The zero-order chi connectivity index (χ0) is 23.3. The normalized spacial score (nSPS) is 19.1. The van der Waals surface area contributed by atoms with Crippen molar-refractivity contribution >= 4 is 5.91 Å². The first kappa shape index (κ1) is 23.5. The number of ether oxygens (including phenoxy) is 4. The van der Waals surface area contributed by atoms with Gasteiger partial charge in [-0.1, -0.05) is 25.1 Å². The predicted octanol–water partition coefficient (Wildman–Crippen LogP) is 4.00. The molecule has 0 radical (unpaired) electrons. The van der Waals surface area contributed by atoms with E-state index in [1.165, 1.54) is 12.1 Å². The molecular weight excluding hydrogens is 425 g/mol. The summed E-state index contributed by atoms with van der Waals surface area (Å²) in [5, 5.41) is 0. The second kappa shape index (κ2) is 10.5. The Hall–Kier alpha value is -2.64. The molecule has 6 nitrogen and oxygen atoms in total. The molecule has 4 rings (SSSR count). The average Bonchev–Trinajstić information content (AvgIpc) is 3.31. The lowest BCUT2D eigenvalue weighted by Gasteiger charge is -2.37. The van der Waals surface area contributed by atoms with Gasteiger partial charge in [-0.15, -0.1) is 0 Å². The maximum atomic E-state index is 13.3. The number of amides is 1. The molecule has 0 aliphatic carbocycles. The van der Waals surface area contributed by atoms with E-state index in [-0.39, 0.29) is 29.7 Å². The summed E-state index contributed by atoms with van der Waals surface area (Å²) in [6, 6.07) is 11.8. The van der Waals surface area contributed by atoms with Gasteiger partial charge in [0, 0.05) is 25.1 Å². The Labute approximate surface area is 194 Å². The van der Waals surface area contributed by atoms with Gasteiger partial charge in [-0.2, -0.15) is 0 Å². The highest BCUT2D eigenvalue weighted by atomic mass is 19.1. The molecule has 2 aromatic rings.